The van der Waals surface area contributed by atoms with E-state index in [0.717, 1.165) is 66.8 Å². The van der Waals surface area contributed by atoms with Crippen molar-refractivity contribution in [2.45, 2.75) is 29.4 Å². The summed E-state index contributed by atoms with van der Waals surface area (Å²) in [7, 11) is 0. The maximum absolute atomic E-state index is 4.97. The number of rotatable bonds is 12. The maximum Gasteiger partial charge on any atom is 0.164 e. The molecule has 9 heterocycles. The second-order valence-corrected chi connectivity index (χ2v) is 37.8. The fourth-order valence-corrected chi connectivity index (χ4v) is 25.1. The summed E-state index contributed by atoms with van der Waals surface area (Å²) < 4.78 is 8.07. The van der Waals surface area contributed by atoms with Crippen molar-refractivity contribution in [2.75, 3.05) is 0 Å². The van der Waals surface area contributed by atoms with Crippen LogP contribution in [0.15, 0.2) is 412 Å². The number of hydrogen-bond donors (Lipinski definition) is 0. The molecule has 0 N–H and O–H groups in total. The molecule has 18 aromatic carbocycles. The molecule has 0 spiro atoms. The van der Waals surface area contributed by atoms with Gasteiger partial charge in [-0.1, -0.05) is 326 Å². The summed E-state index contributed by atoms with van der Waals surface area (Å²) in [5.41, 5.74) is 15.8. The Labute approximate surface area is 748 Å². The van der Waals surface area contributed by atoms with E-state index >= 15 is 0 Å². The first-order valence-electron chi connectivity index (χ1n) is 41.6. The molecule has 9 nitrogen and oxygen atoms in total. The molecule has 24 aromatic rings. The van der Waals surface area contributed by atoms with Gasteiger partial charge in [0, 0.05) is 156 Å². The van der Waals surface area contributed by atoms with Gasteiger partial charge in [-0.05, 0) is 141 Å². The molecule has 0 aliphatic carbocycles. The third-order valence-corrected chi connectivity index (χ3v) is 30.4. The lowest BCUT2D eigenvalue weighted by Gasteiger charge is -2.17. The van der Waals surface area contributed by atoms with E-state index in [2.05, 4.69) is 200 Å². The van der Waals surface area contributed by atoms with Gasteiger partial charge in [-0.2, -0.15) is 0 Å². The van der Waals surface area contributed by atoms with Crippen LogP contribution in [0.3, 0.4) is 0 Å². The predicted octanol–water partition coefficient (Wildman–Crippen LogP) is 31.6. The Kier molecular flexibility index (Phi) is 18.1. The molecule has 3 aliphatic heterocycles. The minimum Gasteiger partial charge on any atom is -0.208 e. The summed E-state index contributed by atoms with van der Waals surface area (Å²) in [5.74, 6) is 6.01. The van der Waals surface area contributed by atoms with E-state index in [1.165, 1.54) is 139 Å². The summed E-state index contributed by atoms with van der Waals surface area (Å²) in [4.78, 5) is 52.4. The summed E-state index contributed by atoms with van der Waals surface area (Å²) in [5, 5.41) is 16.4. The topological polar surface area (TPSA) is 116 Å². The van der Waals surface area contributed by atoms with Gasteiger partial charge in [0.15, 0.2) is 52.4 Å². The molecule has 0 saturated heterocycles. The fraction of sp³-hybridized carbons (Fsp3) is 0. The highest BCUT2D eigenvalue weighted by molar-refractivity contribution is 8.00. The molecule has 588 valence electrons. The summed E-state index contributed by atoms with van der Waals surface area (Å²) >= 11 is 11.3. The molecular formula is C111H63N9S6. The lowest BCUT2D eigenvalue weighted by molar-refractivity contribution is 1.07. The van der Waals surface area contributed by atoms with Crippen LogP contribution in [0.4, 0.5) is 0 Å². The molecule has 0 unspecified atom stereocenters. The second kappa shape index (κ2) is 30.8. The van der Waals surface area contributed by atoms with E-state index < -0.39 is 0 Å². The quantitative estimate of drug-likeness (QED) is 0.116. The molecule has 0 atom stereocenters. The average molecular weight is 1720 g/mol. The largest absolute Gasteiger partial charge is 0.208 e. The van der Waals surface area contributed by atoms with Gasteiger partial charge < -0.3 is 0 Å². The first kappa shape index (κ1) is 74.1. The minimum atomic E-state index is 0.665. The molecule has 126 heavy (non-hydrogen) atoms. The van der Waals surface area contributed by atoms with Gasteiger partial charge in [0.05, 0.1) is 0 Å². The Bertz CT molecular complexity index is 8350. The Morgan fingerprint density at radius 3 is 0.913 bits per heavy atom. The van der Waals surface area contributed by atoms with Crippen LogP contribution in [0.25, 0.3) is 229 Å². The predicted molar refractivity (Wildman–Crippen MR) is 528 cm³/mol. The van der Waals surface area contributed by atoms with E-state index in [-0.39, 0.29) is 0 Å². The highest BCUT2D eigenvalue weighted by Crippen LogP contribution is 2.57. The van der Waals surface area contributed by atoms with Crippen molar-refractivity contribution in [3.63, 3.8) is 0 Å². The van der Waals surface area contributed by atoms with Crippen LogP contribution >= 0.6 is 69.3 Å². The van der Waals surface area contributed by atoms with Crippen LogP contribution in [0, 0.1) is 0 Å². The lowest BCUT2D eigenvalue weighted by Crippen LogP contribution is -2.00. The number of nitrogens with zero attached hydrogens (tertiary/aromatic N) is 9. The fourth-order valence-electron chi connectivity index (χ4n) is 17.9. The van der Waals surface area contributed by atoms with Crippen molar-refractivity contribution >= 4 is 162 Å². The van der Waals surface area contributed by atoms with Crippen LogP contribution in [0.5, 0.6) is 0 Å². The highest BCUT2D eigenvalue weighted by atomic mass is 32.2. The van der Waals surface area contributed by atoms with Crippen LogP contribution in [-0.4, -0.2) is 44.9 Å². The molecule has 6 aromatic heterocycles. The van der Waals surface area contributed by atoms with Gasteiger partial charge in [0.1, 0.15) is 0 Å². The van der Waals surface area contributed by atoms with Gasteiger partial charge in [-0.15, -0.1) is 34.0 Å². The molecule has 0 fully saturated rings. The van der Waals surface area contributed by atoms with Crippen molar-refractivity contribution in [1.29, 1.82) is 0 Å². The van der Waals surface area contributed by atoms with Crippen molar-refractivity contribution in [3.05, 3.63) is 382 Å². The van der Waals surface area contributed by atoms with Crippen LogP contribution in [0.1, 0.15) is 0 Å². The van der Waals surface area contributed by atoms with Gasteiger partial charge in [-0.25, -0.2) is 44.9 Å². The Balaban J connectivity index is 0.000000103. The molecule has 3 aliphatic rings. The normalized spacial score (nSPS) is 12.2. The zero-order valence-corrected chi connectivity index (χ0v) is 71.7. The zero-order valence-electron chi connectivity index (χ0n) is 66.8. The molecule has 0 radical (unpaired) electrons. The third kappa shape index (κ3) is 13.0. The first-order chi connectivity index (χ1) is 62.4. The lowest BCUT2D eigenvalue weighted by atomic mass is 9.94. The minimum absolute atomic E-state index is 0.665. The van der Waals surface area contributed by atoms with E-state index in [1.54, 1.807) is 0 Å². The van der Waals surface area contributed by atoms with E-state index in [0.29, 0.717) is 52.4 Å². The van der Waals surface area contributed by atoms with Crippen molar-refractivity contribution in [2.24, 2.45) is 0 Å². The van der Waals surface area contributed by atoms with Gasteiger partial charge in [0.2, 0.25) is 0 Å². The van der Waals surface area contributed by atoms with Crippen LogP contribution < -0.4 is 0 Å². The molecular weight excluding hydrogens is 1650 g/mol. The van der Waals surface area contributed by atoms with Crippen molar-refractivity contribution < 1.29 is 0 Å². The number of benzene rings is 18. The number of thiophene rings is 3. The molecule has 27 rings (SSSR count). The molecule has 0 amide bonds. The average Bonchev–Trinajstić information content (AvgIpc) is 1.69. The van der Waals surface area contributed by atoms with E-state index in [9.17, 15) is 0 Å². The Morgan fingerprint density at radius 2 is 0.444 bits per heavy atom. The molecule has 15 heteroatoms. The van der Waals surface area contributed by atoms with Crippen LogP contribution in [-0.2, 0) is 0 Å². The second-order valence-electron chi connectivity index (χ2n) is 31.3. The van der Waals surface area contributed by atoms with Crippen LogP contribution in [0.2, 0.25) is 0 Å². The standard InChI is InChI=1S/3C37H21N3S2/c1-3-10-22(11-4-1)35-38-36(23-12-5-2-6-13-23)40-37(39-35)25-15-7-14-24(20-25)27-21-31-34-32-26(27)16-8-17-28(32)41-29-18-9-19-30(42-31)33(29)34;1-3-9-23(10-4-1)35-38-36(24-11-5-2-6-12-24)40-37(39-35)26-15-7-14-25(19-26)27-20-30-33-31(21-27)42-29-18-17-22-13-8-16-28(41-30)32(22)34(29)33;1-3-9-22(10-4-1)35-38-36(23-11-5-2-6-12-23)40-37(39-35)25-14-7-13-24(21-25)26-17-19-30-32-27(26)18-20-31-34(32)33-28(41-30)15-8-16-29(33)42-31/h3*1-21H. The first-order valence-corrected chi connectivity index (χ1v) is 46.5. The van der Waals surface area contributed by atoms with Gasteiger partial charge in [0.25, 0.3) is 0 Å². The molecule has 0 saturated carbocycles. The Hall–Kier alpha value is -14.5. The molecule has 0 bridgehead atoms. The highest BCUT2D eigenvalue weighted by Gasteiger charge is 2.28. The number of aromatic nitrogens is 9. The zero-order chi connectivity index (χ0) is 82.9. The third-order valence-electron chi connectivity index (χ3n) is 23.7. The van der Waals surface area contributed by atoms with Gasteiger partial charge in [-0.3, -0.25) is 0 Å². The van der Waals surface area contributed by atoms with E-state index in [4.69, 9.17) is 44.9 Å². The number of hydrogen-bond acceptors (Lipinski definition) is 15. The van der Waals surface area contributed by atoms with E-state index in [1.807, 2.05) is 251 Å². The Morgan fingerprint density at radius 1 is 0.143 bits per heavy atom. The van der Waals surface area contributed by atoms with Crippen molar-refractivity contribution in [1.82, 2.24) is 44.9 Å². The summed E-state index contributed by atoms with van der Waals surface area (Å²) in [6, 6.07) is 134. The van der Waals surface area contributed by atoms with Gasteiger partial charge >= 0.3 is 0 Å². The maximum atomic E-state index is 4.97. The summed E-state index contributed by atoms with van der Waals surface area (Å²) in [6.45, 7) is 0. The summed E-state index contributed by atoms with van der Waals surface area (Å²) in [6.07, 6.45) is 0. The monoisotopic (exact) mass is 1710 g/mol. The SMILES string of the molecule is c1ccc(-c2nc(-c3ccccc3)nc(-c3cccc(-c4cc5c6c(c4)sc4ccc7cccc(c7c46)S5)c3)n2)cc1.c1ccc(-c2nc(-c3ccccc3)nc(-c3cccc(-c4cc5sc6cccc7c6c5c5c(cccc45)S7)c3)n2)cc1.c1ccc(-c2nc(-c3ccccc3)nc(-c3cccc(-c4ccc5c6c4ccc4sc7cccc(c7c46)S5)c3)n2)cc1. The van der Waals surface area contributed by atoms with Crippen molar-refractivity contribution in [3.8, 4) is 136 Å². The smallest absolute Gasteiger partial charge is 0.164 e.